The lowest BCUT2D eigenvalue weighted by Gasteiger charge is -2.13. The Bertz CT molecular complexity index is 611. The van der Waals surface area contributed by atoms with Crippen molar-refractivity contribution in [3.63, 3.8) is 0 Å². The molecule has 20 heavy (non-hydrogen) atoms. The van der Waals surface area contributed by atoms with E-state index in [9.17, 15) is 18.0 Å². The quantitative estimate of drug-likeness (QED) is 0.856. The van der Waals surface area contributed by atoms with Gasteiger partial charge in [-0.1, -0.05) is 15.9 Å². The van der Waals surface area contributed by atoms with Crippen molar-refractivity contribution < 1.29 is 18.0 Å². The van der Waals surface area contributed by atoms with E-state index in [-0.39, 0.29) is 16.6 Å². The SMILES string of the molecule is O=C(NCc1ccsc1)c1ccc(Br)cc1C(F)(F)F. The first-order chi connectivity index (χ1) is 9.38. The van der Waals surface area contributed by atoms with Crippen LogP contribution in [-0.4, -0.2) is 5.91 Å². The van der Waals surface area contributed by atoms with Gasteiger partial charge in [0, 0.05) is 11.0 Å². The van der Waals surface area contributed by atoms with Crippen LogP contribution >= 0.6 is 27.3 Å². The molecule has 1 aromatic heterocycles. The fourth-order valence-corrected chi connectivity index (χ4v) is 2.65. The standard InChI is InChI=1S/C13H9BrF3NOS/c14-9-1-2-10(11(5-9)13(15,16)17)12(19)18-6-8-3-4-20-7-8/h1-5,7H,6H2,(H,18,19). The Morgan fingerprint density at radius 3 is 2.65 bits per heavy atom. The number of benzene rings is 1. The number of thiophene rings is 1. The van der Waals surface area contributed by atoms with Gasteiger partial charge in [0.15, 0.2) is 0 Å². The molecule has 1 aromatic carbocycles. The molecule has 0 fully saturated rings. The van der Waals surface area contributed by atoms with E-state index >= 15 is 0 Å². The number of nitrogens with one attached hydrogen (secondary N) is 1. The number of hydrogen-bond donors (Lipinski definition) is 1. The zero-order valence-electron chi connectivity index (χ0n) is 10.00. The van der Waals surface area contributed by atoms with Crippen LogP contribution in [0.1, 0.15) is 21.5 Å². The predicted molar refractivity (Wildman–Crippen MR) is 74.6 cm³/mol. The van der Waals surface area contributed by atoms with E-state index in [0.717, 1.165) is 17.7 Å². The minimum atomic E-state index is -4.57. The third kappa shape index (κ3) is 3.61. The Morgan fingerprint density at radius 2 is 2.05 bits per heavy atom. The molecule has 0 saturated carbocycles. The molecule has 1 amide bonds. The van der Waals surface area contributed by atoms with E-state index in [0.29, 0.717) is 0 Å². The molecule has 0 bridgehead atoms. The van der Waals surface area contributed by atoms with Gasteiger partial charge in [-0.05, 0) is 40.6 Å². The first kappa shape index (κ1) is 15.1. The van der Waals surface area contributed by atoms with E-state index in [1.807, 2.05) is 10.8 Å². The maximum absolute atomic E-state index is 12.9. The summed E-state index contributed by atoms with van der Waals surface area (Å²) in [7, 11) is 0. The zero-order valence-corrected chi connectivity index (χ0v) is 12.4. The number of halogens is 4. The van der Waals surface area contributed by atoms with Gasteiger partial charge >= 0.3 is 6.18 Å². The average molecular weight is 364 g/mol. The Morgan fingerprint density at radius 1 is 1.30 bits per heavy atom. The number of amides is 1. The summed E-state index contributed by atoms with van der Waals surface area (Å²) in [5.41, 5.74) is -0.473. The molecule has 106 valence electrons. The molecular formula is C13H9BrF3NOS. The lowest BCUT2D eigenvalue weighted by Crippen LogP contribution is -2.25. The van der Waals surface area contributed by atoms with Crippen LogP contribution in [0.5, 0.6) is 0 Å². The van der Waals surface area contributed by atoms with Crippen LogP contribution < -0.4 is 5.32 Å². The van der Waals surface area contributed by atoms with Gasteiger partial charge in [-0.15, -0.1) is 0 Å². The second-order valence-corrected chi connectivity index (χ2v) is 5.70. The molecule has 2 aromatic rings. The van der Waals surface area contributed by atoms with Crippen LogP contribution in [0.15, 0.2) is 39.5 Å². The fourth-order valence-electron chi connectivity index (χ4n) is 1.62. The summed E-state index contributed by atoms with van der Waals surface area (Å²) in [6.07, 6.45) is -4.57. The molecule has 0 aliphatic heterocycles. The number of hydrogen-bond acceptors (Lipinski definition) is 2. The summed E-state index contributed by atoms with van der Waals surface area (Å²) >= 11 is 4.44. The van der Waals surface area contributed by atoms with Crippen LogP contribution in [0, 0.1) is 0 Å². The third-order valence-electron chi connectivity index (χ3n) is 2.56. The smallest absolute Gasteiger partial charge is 0.348 e. The second kappa shape index (κ2) is 5.97. The molecule has 0 aliphatic rings. The minimum absolute atomic E-state index is 0.204. The van der Waals surface area contributed by atoms with Crippen molar-refractivity contribution in [1.82, 2.24) is 5.32 Å². The largest absolute Gasteiger partial charge is 0.417 e. The Balaban J connectivity index is 2.21. The Labute approximate surface area is 125 Å². The Hall–Kier alpha value is -1.34. The van der Waals surface area contributed by atoms with Crippen molar-refractivity contribution in [3.8, 4) is 0 Å². The van der Waals surface area contributed by atoms with Gasteiger partial charge in [0.2, 0.25) is 0 Å². The number of alkyl halides is 3. The lowest BCUT2D eigenvalue weighted by atomic mass is 10.1. The summed E-state index contributed by atoms with van der Waals surface area (Å²) in [5, 5.41) is 6.15. The van der Waals surface area contributed by atoms with E-state index in [1.165, 1.54) is 17.4 Å². The van der Waals surface area contributed by atoms with Gasteiger partial charge in [0.1, 0.15) is 0 Å². The first-order valence-electron chi connectivity index (χ1n) is 5.54. The van der Waals surface area contributed by atoms with Gasteiger partial charge in [0.05, 0.1) is 11.1 Å². The predicted octanol–water partition coefficient (Wildman–Crippen LogP) is 4.46. The van der Waals surface area contributed by atoms with Crippen LogP contribution in [-0.2, 0) is 12.7 Å². The number of rotatable bonds is 3. The normalized spacial score (nSPS) is 11.4. The topological polar surface area (TPSA) is 29.1 Å². The van der Waals surface area contributed by atoms with Crippen LogP contribution in [0.2, 0.25) is 0 Å². The van der Waals surface area contributed by atoms with Crippen LogP contribution in [0.4, 0.5) is 13.2 Å². The van der Waals surface area contributed by atoms with Crippen molar-refractivity contribution >= 4 is 33.2 Å². The van der Waals surface area contributed by atoms with Gasteiger partial charge in [-0.25, -0.2) is 0 Å². The van der Waals surface area contributed by atoms with Crippen molar-refractivity contribution in [2.45, 2.75) is 12.7 Å². The highest BCUT2D eigenvalue weighted by molar-refractivity contribution is 9.10. The first-order valence-corrected chi connectivity index (χ1v) is 7.27. The van der Waals surface area contributed by atoms with E-state index in [4.69, 9.17) is 0 Å². The molecule has 0 atom stereocenters. The van der Waals surface area contributed by atoms with Gasteiger partial charge < -0.3 is 5.32 Å². The molecule has 0 aliphatic carbocycles. The van der Waals surface area contributed by atoms with Gasteiger partial charge in [0.25, 0.3) is 5.91 Å². The molecule has 0 spiro atoms. The van der Waals surface area contributed by atoms with Crippen LogP contribution in [0.3, 0.4) is 0 Å². The molecular weight excluding hydrogens is 355 g/mol. The van der Waals surface area contributed by atoms with Crippen LogP contribution in [0.25, 0.3) is 0 Å². The van der Waals surface area contributed by atoms with Crippen molar-refractivity contribution in [2.75, 3.05) is 0 Å². The Kier molecular flexibility index (Phi) is 4.49. The summed E-state index contributed by atoms with van der Waals surface area (Å²) in [6.45, 7) is 0.204. The minimum Gasteiger partial charge on any atom is -0.348 e. The van der Waals surface area contributed by atoms with Crippen molar-refractivity contribution in [3.05, 3.63) is 56.2 Å². The molecule has 1 heterocycles. The van der Waals surface area contributed by atoms with E-state index in [2.05, 4.69) is 21.2 Å². The molecule has 2 rings (SSSR count). The molecule has 7 heteroatoms. The summed E-state index contributed by atoms with van der Waals surface area (Å²) < 4.78 is 39.0. The average Bonchev–Trinajstić information content (AvgIpc) is 2.88. The lowest BCUT2D eigenvalue weighted by molar-refractivity contribution is -0.138. The number of carbonyl (C=O) groups is 1. The third-order valence-corrected chi connectivity index (χ3v) is 3.79. The second-order valence-electron chi connectivity index (χ2n) is 4.00. The van der Waals surface area contributed by atoms with Crippen molar-refractivity contribution in [2.24, 2.45) is 0 Å². The van der Waals surface area contributed by atoms with E-state index < -0.39 is 17.6 Å². The summed E-state index contributed by atoms with van der Waals surface area (Å²) in [6, 6.07) is 5.28. The fraction of sp³-hybridized carbons (Fsp3) is 0.154. The maximum Gasteiger partial charge on any atom is 0.417 e. The monoisotopic (exact) mass is 363 g/mol. The summed E-state index contributed by atoms with van der Waals surface area (Å²) in [5.74, 6) is -0.740. The van der Waals surface area contributed by atoms with Crippen molar-refractivity contribution in [1.29, 1.82) is 0 Å². The highest BCUT2D eigenvalue weighted by Gasteiger charge is 2.35. The summed E-state index contributed by atoms with van der Waals surface area (Å²) in [4.78, 5) is 11.9. The molecule has 0 saturated heterocycles. The molecule has 1 N–H and O–H groups in total. The highest BCUT2D eigenvalue weighted by atomic mass is 79.9. The van der Waals surface area contributed by atoms with E-state index in [1.54, 1.807) is 6.07 Å². The highest BCUT2D eigenvalue weighted by Crippen LogP contribution is 2.33. The number of carbonyl (C=O) groups excluding carboxylic acids is 1. The zero-order chi connectivity index (χ0) is 14.8. The maximum atomic E-state index is 12.9. The van der Waals surface area contributed by atoms with Gasteiger partial charge in [-0.2, -0.15) is 24.5 Å². The van der Waals surface area contributed by atoms with Gasteiger partial charge in [-0.3, -0.25) is 4.79 Å². The molecule has 2 nitrogen and oxygen atoms in total. The molecule has 0 radical (unpaired) electrons. The molecule has 0 unspecified atom stereocenters.